The molecule has 0 aromatic carbocycles. The molecule has 1 heterocycles. The highest BCUT2D eigenvalue weighted by molar-refractivity contribution is 9.10. The van der Waals surface area contributed by atoms with Crippen molar-refractivity contribution >= 4 is 15.9 Å². The first-order chi connectivity index (χ1) is 9.19. The van der Waals surface area contributed by atoms with Crippen LogP contribution >= 0.6 is 15.9 Å². The largest absolute Gasteiger partial charge is 0.314 e. The normalized spacial score (nSPS) is 16.8. The lowest BCUT2D eigenvalue weighted by atomic mass is 10.00. The first-order valence-corrected chi connectivity index (χ1v) is 8.46. The van der Waals surface area contributed by atoms with Gasteiger partial charge in [-0.1, -0.05) is 20.3 Å². The number of aromatic nitrogens is 2. The van der Waals surface area contributed by atoms with E-state index in [0.717, 1.165) is 32.0 Å². The Morgan fingerprint density at radius 2 is 2.11 bits per heavy atom. The van der Waals surface area contributed by atoms with Crippen LogP contribution in [-0.4, -0.2) is 22.4 Å². The van der Waals surface area contributed by atoms with Crippen LogP contribution in [-0.2, 0) is 19.4 Å². The molecule has 1 atom stereocenters. The van der Waals surface area contributed by atoms with Crippen LogP contribution in [0.1, 0.15) is 51.4 Å². The Bertz CT molecular complexity index is 410. The number of nitrogens with zero attached hydrogens (tertiary/aromatic N) is 2. The van der Waals surface area contributed by atoms with Crippen molar-refractivity contribution in [3.63, 3.8) is 0 Å². The number of rotatable bonds is 8. The lowest BCUT2D eigenvalue weighted by molar-refractivity contribution is 0.441. The minimum Gasteiger partial charge on any atom is -0.314 e. The molecule has 3 nitrogen and oxygen atoms in total. The van der Waals surface area contributed by atoms with E-state index in [1.807, 2.05) is 0 Å². The Morgan fingerprint density at radius 1 is 1.37 bits per heavy atom. The topological polar surface area (TPSA) is 29.9 Å². The summed E-state index contributed by atoms with van der Waals surface area (Å²) in [6, 6.07) is 0.805. The summed E-state index contributed by atoms with van der Waals surface area (Å²) in [7, 11) is 0. The van der Waals surface area contributed by atoms with Gasteiger partial charge in [0, 0.05) is 12.6 Å². The molecule has 19 heavy (non-hydrogen) atoms. The van der Waals surface area contributed by atoms with Gasteiger partial charge < -0.3 is 5.32 Å². The van der Waals surface area contributed by atoms with E-state index in [1.165, 1.54) is 35.1 Å². The van der Waals surface area contributed by atoms with Crippen molar-refractivity contribution in [1.82, 2.24) is 15.1 Å². The molecule has 1 N–H and O–H groups in total. The van der Waals surface area contributed by atoms with Gasteiger partial charge in [-0.3, -0.25) is 4.68 Å². The summed E-state index contributed by atoms with van der Waals surface area (Å²) in [5, 5.41) is 8.35. The molecule has 1 aromatic rings. The average molecular weight is 328 g/mol. The monoisotopic (exact) mass is 327 g/mol. The van der Waals surface area contributed by atoms with Gasteiger partial charge in [0.2, 0.25) is 0 Å². The second-order valence-corrected chi connectivity index (χ2v) is 6.33. The van der Waals surface area contributed by atoms with E-state index in [9.17, 15) is 0 Å². The molecule has 0 aliphatic heterocycles. The molecule has 0 saturated heterocycles. The summed E-state index contributed by atoms with van der Waals surface area (Å²) in [6.45, 7) is 8.74. The molecule has 1 aliphatic carbocycles. The number of aryl methyl sites for hydroxylation is 2. The SMILES string of the molecule is CCc1nn(CC)c(CC(CC)CNC2CC2)c1Br. The standard InChI is InChI=1S/C15H26BrN3/c1-4-11(10-17-12-7-8-12)9-14-15(16)13(5-2)18-19(14)6-3/h11-12,17H,4-10H2,1-3H3. The van der Waals surface area contributed by atoms with Gasteiger partial charge in [0.05, 0.1) is 15.9 Å². The van der Waals surface area contributed by atoms with Crippen molar-refractivity contribution < 1.29 is 0 Å². The molecule has 1 unspecified atom stereocenters. The van der Waals surface area contributed by atoms with E-state index in [2.05, 4.69) is 46.7 Å². The predicted octanol–water partition coefficient (Wildman–Crippen LogP) is 3.55. The van der Waals surface area contributed by atoms with E-state index >= 15 is 0 Å². The lowest BCUT2D eigenvalue weighted by Gasteiger charge is -2.16. The Balaban J connectivity index is 2.03. The van der Waals surface area contributed by atoms with Gasteiger partial charge in [-0.05, 0) is 61.0 Å². The molecule has 1 aromatic heterocycles. The Kier molecular flexibility index (Phi) is 5.46. The first-order valence-electron chi connectivity index (χ1n) is 7.66. The minimum atomic E-state index is 0.712. The molecule has 2 rings (SSSR count). The first kappa shape index (κ1) is 15.0. The zero-order valence-electron chi connectivity index (χ0n) is 12.4. The van der Waals surface area contributed by atoms with Crippen molar-refractivity contribution in [2.45, 2.75) is 65.5 Å². The highest BCUT2D eigenvalue weighted by Gasteiger charge is 2.23. The Morgan fingerprint density at radius 3 is 2.63 bits per heavy atom. The molecule has 4 heteroatoms. The molecule has 1 saturated carbocycles. The van der Waals surface area contributed by atoms with Crippen LogP contribution in [0.25, 0.3) is 0 Å². The molecule has 0 radical (unpaired) electrons. The van der Waals surface area contributed by atoms with Gasteiger partial charge in [-0.2, -0.15) is 5.10 Å². The highest BCUT2D eigenvalue weighted by atomic mass is 79.9. The fourth-order valence-electron chi connectivity index (χ4n) is 2.47. The van der Waals surface area contributed by atoms with Crippen LogP contribution in [0.3, 0.4) is 0 Å². The fraction of sp³-hybridized carbons (Fsp3) is 0.800. The number of halogens is 1. The summed E-state index contributed by atoms with van der Waals surface area (Å²) < 4.78 is 3.41. The van der Waals surface area contributed by atoms with Crippen LogP contribution in [0, 0.1) is 5.92 Å². The summed E-state index contributed by atoms with van der Waals surface area (Å²) >= 11 is 3.75. The third-order valence-corrected chi connectivity index (χ3v) is 4.94. The number of hydrogen-bond acceptors (Lipinski definition) is 2. The van der Waals surface area contributed by atoms with Crippen LogP contribution in [0.5, 0.6) is 0 Å². The maximum Gasteiger partial charge on any atom is 0.0766 e. The molecular weight excluding hydrogens is 302 g/mol. The zero-order valence-corrected chi connectivity index (χ0v) is 14.0. The minimum absolute atomic E-state index is 0.712. The fourth-order valence-corrected chi connectivity index (χ4v) is 3.19. The maximum atomic E-state index is 4.69. The Hall–Kier alpha value is -0.350. The van der Waals surface area contributed by atoms with Crippen LogP contribution in [0.4, 0.5) is 0 Å². The quantitative estimate of drug-likeness (QED) is 0.791. The van der Waals surface area contributed by atoms with E-state index in [0.29, 0.717) is 5.92 Å². The summed E-state index contributed by atoms with van der Waals surface area (Å²) in [4.78, 5) is 0. The van der Waals surface area contributed by atoms with E-state index < -0.39 is 0 Å². The van der Waals surface area contributed by atoms with Gasteiger partial charge in [-0.25, -0.2) is 0 Å². The van der Waals surface area contributed by atoms with Crippen LogP contribution < -0.4 is 5.32 Å². The molecule has 0 bridgehead atoms. The third kappa shape index (κ3) is 3.82. The Labute approximate surface area is 125 Å². The predicted molar refractivity (Wildman–Crippen MR) is 83.5 cm³/mol. The van der Waals surface area contributed by atoms with Crippen LogP contribution in [0.15, 0.2) is 4.47 Å². The molecule has 0 spiro atoms. The number of hydrogen-bond donors (Lipinski definition) is 1. The second-order valence-electron chi connectivity index (χ2n) is 5.54. The number of nitrogens with one attached hydrogen (secondary N) is 1. The van der Waals surface area contributed by atoms with Gasteiger partial charge in [0.25, 0.3) is 0 Å². The van der Waals surface area contributed by atoms with Gasteiger partial charge in [0.15, 0.2) is 0 Å². The maximum absolute atomic E-state index is 4.69. The smallest absolute Gasteiger partial charge is 0.0766 e. The van der Waals surface area contributed by atoms with Crippen molar-refractivity contribution in [1.29, 1.82) is 0 Å². The summed E-state index contributed by atoms with van der Waals surface area (Å²) in [6.07, 6.45) is 6.08. The summed E-state index contributed by atoms with van der Waals surface area (Å²) in [5.74, 6) is 0.712. The summed E-state index contributed by atoms with van der Waals surface area (Å²) in [5.41, 5.74) is 2.57. The van der Waals surface area contributed by atoms with E-state index in [4.69, 9.17) is 5.10 Å². The van der Waals surface area contributed by atoms with E-state index in [1.54, 1.807) is 0 Å². The average Bonchev–Trinajstić information content (AvgIpc) is 3.20. The van der Waals surface area contributed by atoms with Crippen molar-refractivity contribution in [2.24, 2.45) is 5.92 Å². The van der Waals surface area contributed by atoms with Crippen molar-refractivity contribution in [3.8, 4) is 0 Å². The molecule has 1 fully saturated rings. The van der Waals surface area contributed by atoms with Crippen LogP contribution in [0.2, 0.25) is 0 Å². The lowest BCUT2D eigenvalue weighted by Crippen LogP contribution is -2.26. The molecule has 108 valence electrons. The molecule has 1 aliphatic rings. The van der Waals surface area contributed by atoms with Crippen molar-refractivity contribution in [2.75, 3.05) is 6.54 Å². The van der Waals surface area contributed by atoms with Gasteiger partial charge in [0.1, 0.15) is 0 Å². The zero-order chi connectivity index (χ0) is 13.8. The molecule has 0 amide bonds. The van der Waals surface area contributed by atoms with Crippen molar-refractivity contribution in [3.05, 3.63) is 15.9 Å². The highest BCUT2D eigenvalue weighted by Crippen LogP contribution is 2.26. The molecular formula is C15H26BrN3. The van der Waals surface area contributed by atoms with Gasteiger partial charge in [-0.15, -0.1) is 0 Å². The third-order valence-electron chi connectivity index (χ3n) is 4.03. The van der Waals surface area contributed by atoms with E-state index in [-0.39, 0.29) is 0 Å². The van der Waals surface area contributed by atoms with Gasteiger partial charge >= 0.3 is 0 Å². The second kappa shape index (κ2) is 6.89.